The third kappa shape index (κ3) is 6.19. The molecule has 1 fully saturated rings. The Morgan fingerprint density at radius 1 is 1.30 bits per heavy atom. The van der Waals surface area contributed by atoms with Crippen LogP contribution in [0.1, 0.15) is 46.5 Å². The quantitative estimate of drug-likeness (QED) is 0.807. The molecule has 1 atom stereocenters. The highest BCUT2D eigenvalue weighted by molar-refractivity contribution is 7.79. The van der Waals surface area contributed by atoms with Crippen LogP contribution in [0.4, 0.5) is 4.79 Å². The van der Waals surface area contributed by atoms with Crippen molar-refractivity contribution in [2.45, 2.75) is 64.2 Å². The van der Waals surface area contributed by atoms with E-state index in [0.717, 1.165) is 25.7 Å². The van der Waals surface area contributed by atoms with E-state index in [1.165, 1.54) is 0 Å². The lowest BCUT2D eigenvalue weighted by Gasteiger charge is -2.35. The smallest absolute Gasteiger partial charge is 0.410 e. The minimum Gasteiger partial charge on any atom is -0.444 e. The number of ether oxygens (including phenoxy) is 2. The second kappa shape index (κ2) is 7.38. The number of hydrogen-bond acceptors (Lipinski definition) is 4. The summed E-state index contributed by atoms with van der Waals surface area (Å²) in [6.07, 6.45) is 2.91. The Morgan fingerprint density at radius 3 is 2.30 bits per heavy atom. The summed E-state index contributed by atoms with van der Waals surface area (Å²) in [5, 5.41) is 0. The molecule has 0 saturated heterocycles. The Labute approximate surface area is 123 Å². The maximum Gasteiger partial charge on any atom is 0.410 e. The van der Waals surface area contributed by atoms with Gasteiger partial charge >= 0.3 is 6.09 Å². The summed E-state index contributed by atoms with van der Waals surface area (Å²) in [7, 11) is 1.75. The highest BCUT2D eigenvalue weighted by Gasteiger charge is 2.29. The van der Waals surface area contributed by atoms with Crippen LogP contribution < -0.4 is 0 Å². The fourth-order valence-corrected chi connectivity index (χ4v) is 2.55. The Balaban J connectivity index is 2.37. The molecule has 7 heteroatoms. The summed E-state index contributed by atoms with van der Waals surface area (Å²) >= 11 is -1.91. The van der Waals surface area contributed by atoms with Crippen molar-refractivity contribution in [1.82, 2.24) is 4.90 Å². The maximum absolute atomic E-state index is 12.0. The van der Waals surface area contributed by atoms with Gasteiger partial charge in [-0.3, -0.25) is 0 Å². The van der Waals surface area contributed by atoms with Crippen LogP contribution in [0.3, 0.4) is 0 Å². The second-order valence-electron chi connectivity index (χ2n) is 6.13. The van der Waals surface area contributed by atoms with E-state index in [1.54, 1.807) is 11.9 Å². The molecule has 1 rings (SSSR count). The highest BCUT2D eigenvalue weighted by atomic mass is 32.2. The standard InChI is InChI=1S/C13H25NO5S/c1-13(2,3)19-12(15)14(4)10-5-7-11(8-6-10)18-9-20(16)17/h10-11H,5-9H2,1-4H3,(H,16,17)/t10-,11-. The molecular weight excluding hydrogens is 282 g/mol. The van der Waals surface area contributed by atoms with E-state index in [4.69, 9.17) is 14.0 Å². The average Bonchev–Trinajstić information content (AvgIpc) is 2.34. The Bertz CT molecular complexity index is 347. The number of rotatable bonds is 4. The van der Waals surface area contributed by atoms with Crippen molar-refractivity contribution in [2.75, 3.05) is 13.0 Å². The zero-order chi connectivity index (χ0) is 15.3. The molecule has 0 spiro atoms. The van der Waals surface area contributed by atoms with Crippen molar-refractivity contribution in [1.29, 1.82) is 0 Å². The van der Waals surface area contributed by atoms with Crippen molar-refractivity contribution in [3.8, 4) is 0 Å². The van der Waals surface area contributed by atoms with Gasteiger partial charge in [0, 0.05) is 13.1 Å². The molecule has 1 amide bonds. The van der Waals surface area contributed by atoms with E-state index in [9.17, 15) is 9.00 Å². The monoisotopic (exact) mass is 307 g/mol. The van der Waals surface area contributed by atoms with Gasteiger partial charge in [-0.2, -0.15) is 0 Å². The van der Waals surface area contributed by atoms with Crippen molar-refractivity contribution in [3.05, 3.63) is 0 Å². The van der Waals surface area contributed by atoms with Crippen LogP contribution in [-0.2, 0) is 20.6 Å². The van der Waals surface area contributed by atoms with E-state index in [-0.39, 0.29) is 24.2 Å². The predicted octanol–water partition coefficient (Wildman–Crippen LogP) is 2.36. The Kier molecular flexibility index (Phi) is 6.42. The molecule has 0 aromatic heterocycles. The number of carbonyl (C=O) groups is 1. The first-order valence-corrected chi connectivity index (χ1v) is 8.11. The van der Waals surface area contributed by atoms with Crippen molar-refractivity contribution in [3.63, 3.8) is 0 Å². The predicted molar refractivity (Wildman–Crippen MR) is 76.8 cm³/mol. The third-order valence-corrected chi connectivity index (χ3v) is 3.62. The molecule has 20 heavy (non-hydrogen) atoms. The minimum atomic E-state index is -1.91. The van der Waals surface area contributed by atoms with Gasteiger partial charge in [-0.25, -0.2) is 9.00 Å². The van der Waals surface area contributed by atoms with E-state index < -0.39 is 16.7 Å². The van der Waals surface area contributed by atoms with E-state index in [0.29, 0.717) is 0 Å². The molecule has 0 aromatic rings. The fraction of sp³-hybridized carbons (Fsp3) is 0.923. The molecule has 1 aliphatic carbocycles. The summed E-state index contributed by atoms with van der Waals surface area (Å²) in [6, 6.07) is 0.143. The number of carbonyl (C=O) groups excluding carboxylic acids is 1. The molecule has 1 aliphatic rings. The minimum absolute atomic E-state index is 0.00869. The molecule has 118 valence electrons. The Hall–Kier alpha value is -0.660. The molecule has 0 aromatic carbocycles. The van der Waals surface area contributed by atoms with Crippen LogP contribution >= 0.6 is 0 Å². The molecular formula is C13H25NO5S. The van der Waals surface area contributed by atoms with Crippen LogP contribution in [0.15, 0.2) is 0 Å². The van der Waals surface area contributed by atoms with E-state index in [2.05, 4.69) is 0 Å². The molecule has 1 unspecified atom stereocenters. The maximum atomic E-state index is 12.0. The SMILES string of the molecule is CN(C(=O)OC(C)(C)C)[C@H]1CC[C@H](OCS(=O)O)CC1. The van der Waals surface area contributed by atoms with Crippen LogP contribution in [0.25, 0.3) is 0 Å². The average molecular weight is 307 g/mol. The second-order valence-corrected chi connectivity index (χ2v) is 7.01. The van der Waals surface area contributed by atoms with Gasteiger partial charge in [-0.15, -0.1) is 0 Å². The summed E-state index contributed by atoms with van der Waals surface area (Å²) < 4.78 is 29.9. The first-order valence-electron chi connectivity index (χ1n) is 6.84. The van der Waals surface area contributed by atoms with Gasteiger partial charge < -0.3 is 18.9 Å². The summed E-state index contributed by atoms with van der Waals surface area (Å²) in [4.78, 5) is 13.6. The molecule has 1 N–H and O–H groups in total. The first-order chi connectivity index (χ1) is 9.19. The topological polar surface area (TPSA) is 76.1 Å². The van der Waals surface area contributed by atoms with Crippen LogP contribution in [0, 0.1) is 0 Å². The van der Waals surface area contributed by atoms with Crippen molar-refractivity contribution >= 4 is 17.2 Å². The lowest BCUT2D eigenvalue weighted by Crippen LogP contribution is -2.43. The van der Waals surface area contributed by atoms with Crippen molar-refractivity contribution in [2.24, 2.45) is 0 Å². The third-order valence-electron chi connectivity index (χ3n) is 3.28. The Morgan fingerprint density at radius 2 is 1.85 bits per heavy atom. The molecule has 0 heterocycles. The number of hydrogen-bond donors (Lipinski definition) is 1. The van der Waals surface area contributed by atoms with Gasteiger partial charge in [0.2, 0.25) is 0 Å². The summed E-state index contributed by atoms with van der Waals surface area (Å²) in [5.74, 6) is -0.142. The van der Waals surface area contributed by atoms with Gasteiger partial charge in [0.1, 0.15) is 11.5 Å². The lowest BCUT2D eigenvalue weighted by molar-refractivity contribution is 0.00397. The van der Waals surface area contributed by atoms with Gasteiger partial charge in [0.25, 0.3) is 0 Å². The summed E-state index contributed by atoms with van der Waals surface area (Å²) in [5.41, 5.74) is -0.489. The van der Waals surface area contributed by atoms with Gasteiger partial charge in [0.15, 0.2) is 11.1 Å². The molecule has 0 radical (unpaired) electrons. The zero-order valence-electron chi connectivity index (χ0n) is 12.6. The largest absolute Gasteiger partial charge is 0.444 e. The van der Waals surface area contributed by atoms with Crippen LogP contribution in [0.2, 0.25) is 0 Å². The zero-order valence-corrected chi connectivity index (χ0v) is 13.4. The van der Waals surface area contributed by atoms with E-state index >= 15 is 0 Å². The van der Waals surface area contributed by atoms with Gasteiger partial charge in [0.05, 0.1) is 6.10 Å². The van der Waals surface area contributed by atoms with E-state index in [1.807, 2.05) is 20.8 Å². The number of amides is 1. The molecule has 0 aliphatic heterocycles. The van der Waals surface area contributed by atoms with Crippen LogP contribution in [0.5, 0.6) is 0 Å². The van der Waals surface area contributed by atoms with Crippen molar-refractivity contribution < 1.29 is 23.0 Å². The summed E-state index contributed by atoms with van der Waals surface area (Å²) in [6.45, 7) is 5.54. The molecule has 0 bridgehead atoms. The van der Waals surface area contributed by atoms with Crippen LogP contribution in [-0.4, -0.2) is 50.5 Å². The van der Waals surface area contributed by atoms with Gasteiger partial charge in [-0.1, -0.05) is 0 Å². The normalized spacial score (nSPS) is 25.1. The van der Waals surface area contributed by atoms with Gasteiger partial charge in [-0.05, 0) is 46.5 Å². The first kappa shape index (κ1) is 17.4. The molecule has 6 nitrogen and oxygen atoms in total. The lowest BCUT2D eigenvalue weighted by atomic mass is 9.92. The fourth-order valence-electron chi connectivity index (χ4n) is 2.24. The molecule has 1 saturated carbocycles. The highest BCUT2D eigenvalue weighted by Crippen LogP contribution is 2.25. The number of nitrogens with zero attached hydrogens (tertiary/aromatic N) is 1.